The number of benzene rings is 1. The zero-order chi connectivity index (χ0) is 14.9. The average molecular weight is 273 g/mol. The molecule has 1 heterocycles. The van der Waals surface area contributed by atoms with E-state index in [1.807, 2.05) is 6.07 Å². The third kappa shape index (κ3) is 2.76. The SMILES string of the molecule is CC1CC(C)(C)N(C)c2ccc(C=NN=C(N)N)cc21. The van der Waals surface area contributed by atoms with Crippen LogP contribution in [0.5, 0.6) is 0 Å². The van der Waals surface area contributed by atoms with Gasteiger partial charge in [-0.1, -0.05) is 13.0 Å². The van der Waals surface area contributed by atoms with E-state index in [1.165, 1.54) is 11.3 Å². The summed E-state index contributed by atoms with van der Waals surface area (Å²) in [4.78, 5) is 2.35. The fourth-order valence-electron chi connectivity index (χ4n) is 2.84. The first-order chi connectivity index (χ1) is 9.31. The summed E-state index contributed by atoms with van der Waals surface area (Å²) >= 11 is 0. The lowest BCUT2D eigenvalue weighted by Crippen LogP contribution is -2.45. The predicted octanol–water partition coefficient (Wildman–Crippen LogP) is 2.02. The van der Waals surface area contributed by atoms with Gasteiger partial charge in [-0.25, -0.2) is 0 Å². The summed E-state index contributed by atoms with van der Waals surface area (Å²) in [5.41, 5.74) is 14.3. The molecule has 5 nitrogen and oxygen atoms in total. The van der Waals surface area contributed by atoms with E-state index in [4.69, 9.17) is 11.5 Å². The Kier molecular flexibility index (Phi) is 3.70. The average Bonchev–Trinajstić information content (AvgIpc) is 2.35. The maximum atomic E-state index is 5.24. The highest BCUT2D eigenvalue weighted by Crippen LogP contribution is 2.42. The van der Waals surface area contributed by atoms with Gasteiger partial charge in [0.15, 0.2) is 0 Å². The maximum absolute atomic E-state index is 5.24. The summed E-state index contributed by atoms with van der Waals surface area (Å²) < 4.78 is 0. The zero-order valence-electron chi connectivity index (χ0n) is 12.6. The number of hydrogen-bond donors (Lipinski definition) is 2. The standard InChI is InChI=1S/C15H23N5/c1-10-8-15(2,3)20(4)13-6-5-11(7-12(10)13)9-18-19-14(16)17/h5-7,9-10H,8H2,1-4H3,(H4,16,17,19). The number of fused-ring (bicyclic) bond motifs is 1. The number of rotatable bonds is 2. The largest absolute Gasteiger partial charge is 0.369 e. The molecule has 2 rings (SSSR count). The molecule has 0 radical (unpaired) electrons. The number of nitrogens with zero attached hydrogens (tertiary/aromatic N) is 3. The van der Waals surface area contributed by atoms with Gasteiger partial charge in [0.05, 0.1) is 6.21 Å². The molecule has 108 valence electrons. The third-order valence-electron chi connectivity index (χ3n) is 4.04. The minimum absolute atomic E-state index is 0.0333. The van der Waals surface area contributed by atoms with Crippen molar-refractivity contribution in [3.63, 3.8) is 0 Å². The van der Waals surface area contributed by atoms with E-state index in [0.717, 1.165) is 12.0 Å². The predicted molar refractivity (Wildman–Crippen MR) is 85.4 cm³/mol. The van der Waals surface area contributed by atoms with Crippen molar-refractivity contribution in [2.75, 3.05) is 11.9 Å². The highest BCUT2D eigenvalue weighted by Gasteiger charge is 2.33. The van der Waals surface area contributed by atoms with Gasteiger partial charge in [-0.2, -0.15) is 5.10 Å². The van der Waals surface area contributed by atoms with E-state index in [2.05, 4.69) is 55.1 Å². The van der Waals surface area contributed by atoms with Crippen molar-refractivity contribution in [1.82, 2.24) is 0 Å². The molecular formula is C15H23N5. The van der Waals surface area contributed by atoms with E-state index in [9.17, 15) is 0 Å². The molecule has 0 fully saturated rings. The first-order valence-corrected chi connectivity index (χ1v) is 6.81. The van der Waals surface area contributed by atoms with Gasteiger partial charge in [-0.3, -0.25) is 0 Å². The molecule has 0 amide bonds. The number of hydrogen-bond acceptors (Lipinski definition) is 3. The Balaban J connectivity index is 2.35. The van der Waals surface area contributed by atoms with Gasteiger partial charge >= 0.3 is 0 Å². The van der Waals surface area contributed by atoms with Crippen molar-refractivity contribution in [2.45, 2.75) is 38.6 Å². The Morgan fingerprint density at radius 1 is 1.40 bits per heavy atom. The minimum atomic E-state index is -0.0333. The molecule has 1 atom stereocenters. The molecule has 1 aromatic carbocycles. The molecule has 0 saturated heterocycles. The molecule has 20 heavy (non-hydrogen) atoms. The molecule has 0 aromatic heterocycles. The fourth-order valence-corrected chi connectivity index (χ4v) is 2.84. The molecule has 0 bridgehead atoms. The van der Waals surface area contributed by atoms with Crippen LogP contribution in [0.25, 0.3) is 0 Å². The first kappa shape index (κ1) is 14.4. The van der Waals surface area contributed by atoms with Crippen molar-refractivity contribution < 1.29 is 0 Å². The van der Waals surface area contributed by atoms with Gasteiger partial charge in [-0.15, -0.1) is 5.10 Å². The van der Waals surface area contributed by atoms with E-state index in [-0.39, 0.29) is 11.5 Å². The molecule has 4 N–H and O–H groups in total. The van der Waals surface area contributed by atoms with Crippen molar-refractivity contribution in [2.24, 2.45) is 21.7 Å². The van der Waals surface area contributed by atoms with Gasteiger partial charge in [0.2, 0.25) is 5.96 Å². The van der Waals surface area contributed by atoms with E-state index >= 15 is 0 Å². The fraction of sp³-hybridized carbons (Fsp3) is 0.467. The Morgan fingerprint density at radius 3 is 2.75 bits per heavy atom. The first-order valence-electron chi connectivity index (χ1n) is 6.81. The number of guanidine groups is 1. The summed E-state index contributed by atoms with van der Waals surface area (Å²) in [6.07, 6.45) is 2.80. The van der Waals surface area contributed by atoms with E-state index in [0.29, 0.717) is 5.92 Å². The van der Waals surface area contributed by atoms with Crippen LogP contribution in [-0.2, 0) is 0 Å². The lowest BCUT2D eigenvalue weighted by molar-refractivity contribution is 0.395. The smallest absolute Gasteiger partial charge is 0.211 e. The molecule has 0 spiro atoms. The van der Waals surface area contributed by atoms with Gasteiger partial charge in [0.25, 0.3) is 0 Å². The van der Waals surface area contributed by atoms with Crippen LogP contribution in [0.2, 0.25) is 0 Å². The summed E-state index contributed by atoms with van der Waals surface area (Å²) in [6.45, 7) is 6.83. The van der Waals surface area contributed by atoms with Gasteiger partial charge in [0.1, 0.15) is 0 Å². The molecule has 0 saturated carbocycles. The van der Waals surface area contributed by atoms with E-state index < -0.39 is 0 Å². The van der Waals surface area contributed by atoms with Gasteiger partial charge in [-0.05, 0) is 49.4 Å². The van der Waals surface area contributed by atoms with Gasteiger partial charge in [0, 0.05) is 18.3 Å². The van der Waals surface area contributed by atoms with Crippen LogP contribution in [0, 0.1) is 0 Å². The van der Waals surface area contributed by atoms with Crippen LogP contribution in [-0.4, -0.2) is 24.8 Å². The molecule has 1 aromatic rings. The number of nitrogens with two attached hydrogens (primary N) is 2. The van der Waals surface area contributed by atoms with Crippen molar-refractivity contribution in [1.29, 1.82) is 0 Å². The van der Waals surface area contributed by atoms with Crippen LogP contribution in [0.4, 0.5) is 5.69 Å². The minimum Gasteiger partial charge on any atom is -0.369 e. The second-order valence-electron chi connectivity index (χ2n) is 6.06. The van der Waals surface area contributed by atoms with Crippen LogP contribution in [0.1, 0.15) is 44.2 Å². The van der Waals surface area contributed by atoms with Crippen molar-refractivity contribution in [3.8, 4) is 0 Å². The van der Waals surface area contributed by atoms with Crippen LogP contribution >= 0.6 is 0 Å². The lowest BCUT2D eigenvalue weighted by atomic mass is 9.80. The molecule has 1 aliphatic heterocycles. The molecule has 1 unspecified atom stereocenters. The van der Waals surface area contributed by atoms with Crippen LogP contribution in [0.15, 0.2) is 28.4 Å². The van der Waals surface area contributed by atoms with Crippen molar-refractivity contribution in [3.05, 3.63) is 29.3 Å². The second-order valence-corrected chi connectivity index (χ2v) is 6.06. The topological polar surface area (TPSA) is 80.0 Å². The molecule has 1 aliphatic rings. The molecule has 0 aliphatic carbocycles. The number of anilines is 1. The van der Waals surface area contributed by atoms with E-state index in [1.54, 1.807) is 6.21 Å². The van der Waals surface area contributed by atoms with Crippen LogP contribution < -0.4 is 16.4 Å². The third-order valence-corrected chi connectivity index (χ3v) is 4.04. The zero-order valence-corrected chi connectivity index (χ0v) is 12.6. The highest BCUT2D eigenvalue weighted by atomic mass is 15.3. The van der Waals surface area contributed by atoms with Crippen molar-refractivity contribution >= 4 is 17.9 Å². The highest BCUT2D eigenvalue weighted by molar-refractivity contribution is 5.83. The monoisotopic (exact) mass is 273 g/mol. The summed E-state index contributed by atoms with van der Waals surface area (Å²) in [5, 5.41) is 7.48. The lowest BCUT2D eigenvalue weighted by Gasteiger charge is -2.45. The molecule has 5 heteroatoms. The molecular weight excluding hydrogens is 250 g/mol. The van der Waals surface area contributed by atoms with Crippen LogP contribution in [0.3, 0.4) is 0 Å². The quantitative estimate of drug-likeness (QED) is 0.491. The maximum Gasteiger partial charge on any atom is 0.211 e. The normalized spacial score (nSPS) is 20.8. The Bertz CT molecular complexity index is 555. The summed E-state index contributed by atoms with van der Waals surface area (Å²) in [5.74, 6) is 0.488. The Morgan fingerprint density at radius 2 is 2.10 bits per heavy atom. The second kappa shape index (κ2) is 5.15. The Hall–Kier alpha value is -2.04. The summed E-state index contributed by atoms with van der Waals surface area (Å²) in [7, 11) is 2.15. The summed E-state index contributed by atoms with van der Waals surface area (Å²) in [6, 6.07) is 6.34. The van der Waals surface area contributed by atoms with Gasteiger partial charge < -0.3 is 16.4 Å². The Labute approximate surface area is 120 Å².